The molecule has 2 aromatic heterocycles. The van der Waals surface area contributed by atoms with Gasteiger partial charge >= 0.3 is 0 Å². The van der Waals surface area contributed by atoms with Gasteiger partial charge in [-0.05, 0) is 43.1 Å². The number of aromatic nitrogens is 2. The molecule has 0 unspecified atom stereocenters. The lowest BCUT2D eigenvalue weighted by atomic mass is 10.0. The first-order valence-corrected chi connectivity index (χ1v) is 8.75. The fourth-order valence-electron chi connectivity index (χ4n) is 2.75. The van der Waals surface area contributed by atoms with Gasteiger partial charge in [-0.1, -0.05) is 18.5 Å². The third-order valence-corrected chi connectivity index (χ3v) is 4.33. The summed E-state index contributed by atoms with van der Waals surface area (Å²) in [5.74, 6) is 2.68. The third kappa shape index (κ3) is 4.58. The van der Waals surface area contributed by atoms with Gasteiger partial charge < -0.3 is 20.0 Å². The highest BCUT2D eigenvalue weighted by molar-refractivity contribution is 7.80. The van der Waals surface area contributed by atoms with Crippen LogP contribution in [-0.2, 0) is 6.54 Å². The Balaban J connectivity index is 1.63. The minimum atomic E-state index is 0.396. The van der Waals surface area contributed by atoms with E-state index in [0.717, 1.165) is 31.1 Å². The first-order valence-electron chi connectivity index (χ1n) is 7.97. The highest BCUT2D eigenvalue weighted by Gasteiger charge is 2.19. The normalized spacial score (nSPS) is 17.6. The van der Waals surface area contributed by atoms with Crippen LogP contribution in [-0.4, -0.2) is 28.2 Å². The Kier molecular flexibility index (Phi) is 5.52. The van der Waals surface area contributed by atoms with Crippen molar-refractivity contribution in [1.82, 2.24) is 15.3 Å². The minimum Gasteiger partial charge on any atom is -0.467 e. The number of furan rings is 1. The zero-order valence-electron chi connectivity index (χ0n) is 13.5. The Morgan fingerprint density at radius 1 is 1.50 bits per heavy atom. The van der Waals surface area contributed by atoms with Gasteiger partial charge in [-0.25, -0.2) is 4.98 Å². The SMILES string of the molecule is C[C@@H]1CCCN(c2cc(Cl)nc(NC(=S)NCc3ccco3)n2)C1. The van der Waals surface area contributed by atoms with E-state index in [1.807, 2.05) is 12.1 Å². The number of nitrogens with zero attached hydrogens (tertiary/aromatic N) is 3. The molecule has 24 heavy (non-hydrogen) atoms. The van der Waals surface area contributed by atoms with Crippen LogP contribution in [0.2, 0.25) is 5.15 Å². The molecular weight excluding hydrogens is 346 g/mol. The van der Waals surface area contributed by atoms with Crippen molar-refractivity contribution in [1.29, 1.82) is 0 Å². The van der Waals surface area contributed by atoms with Crippen LogP contribution >= 0.6 is 23.8 Å². The number of hydrogen-bond acceptors (Lipinski definition) is 5. The summed E-state index contributed by atoms with van der Waals surface area (Å²) >= 11 is 11.4. The van der Waals surface area contributed by atoms with Gasteiger partial charge in [-0.2, -0.15) is 4.98 Å². The van der Waals surface area contributed by atoms with E-state index < -0.39 is 0 Å². The summed E-state index contributed by atoms with van der Waals surface area (Å²) in [7, 11) is 0. The summed E-state index contributed by atoms with van der Waals surface area (Å²) in [6.07, 6.45) is 4.04. The quantitative estimate of drug-likeness (QED) is 0.635. The molecule has 1 saturated heterocycles. The number of rotatable bonds is 4. The van der Waals surface area contributed by atoms with Crippen LogP contribution in [0.5, 0.6) is 0 Å². The molecule has 128 valence electrons. The van der Waals surface area contributed by atoms with Crippen LogP contribution in [0.25, 0.3) is 0 Å². The van der Waals surface area contributed by atoms with E-state index in [-0.39, 0.29) is 0 Å². The third-order valence-electron chi connectivity index (χ3n) is 3.89. The topological polar surface area (TPSA) is 66.2 Å². The van der Waals surface area contributed by atoms with Crippen molar-refractivity contribution in [3.8, 4) is 0 Å². The molecule has 8 heteroatoms. The van der Waals surface area contributed by atoms with Crippen molar-refractivity contribution in [2.24, 2.45) is 5.92 Å². The van der Waals surface area contributed by atoms with Crippen LogP contribution in [0.15, 0.2) is 28.9 Å². The maximum Gasteiger partial charge on any atom is 0.232 e. The Morgan fingerprint density at radius 2 is 2.38 bits per heavy atom. The Morgan fingerprint density at radius 3 is 3.12 bits per heavy atom. The molecule has 2 aromatic rings. The van der Waals surface area contributed by atoms with Gasteiger partial charge in [-0.15, -0.1) is 0 Å². The standard InChI is InChI=1S/C16H20ClN5OS/c1-11-4-2-6-22(10-11)14-8-13(17)19-15(20-14)21-16(24)18-9-12-5-3-7-23-12/h3,5,7-8,11H,2,4,6,9-10H2,1H3,(H2,18,19,20,21,24)/t11-/m1/s1. The van der Waals surface area contributed by atoms with Gasteiger partial charge in [-0.3, -0.25) is 0 Å². The maximum atomic E-state index is 6.15. The van der Waals surface area contributed by atoms with E-state index in [0.29, 0.717) is 28.7 Å². The Bertz CT molecular complexity index is 694. The molecule has 2 N–H and O–H groups in total. The predicted molar refractivity (Wildman–Crippen MR) is 99.4 cm³/mol. The summed E-state index contributed by atoms with van der Waals surface area (Å²) in [6.45, 7) is 4.71. The van der Waals surface area contributed by atoms with Crippen molar-refractivity contribution in [3.63, 3.8) is 0 Å². The molecule has 1 atom stereocenters. The van der Waals surface area contributed by atoms with Crippen molar-refractivity contribution < 1.29 is 4.42 Å². The van der Waals surface area contributed by atoms with Crippen molar-refractivity contribution in [3.05, 3.63) is 35.4 Å². The highest BCUT2D eigenvalue weighted by Crippen LogP contribution is 2.24. The van der Waals surface area contributed by atoms with Gasteiger partial charge in [0.15, 0.2) is 5.11 Å². The van der Waals surface area contributed by atoms with Gasteiger partial charge in [0.2, 0.25) is 5.95 Å². The maximum absolute atomic E-state index is 6.15. The molecule has 0 aliphatic carbocycles. The first kappa shape index (κ1) is 17.0. The molecule has 6 nitrogen and oxygen atoms in total. The van der Waals surface area contributed by atoms with E-state index >= 15 is 0 Å². The molecule has 0 aromatic carbocycles. The second kappa shape index (κ2) is 7.81. The van der Waals surface area contributed by atoms with Crippen molar-refractivity contribution >= 4 is 40.7 Å². The zero-order chi connectivity index (χ0) is 16.9. The first-order chi connectivity index (χ1) is 11.6. The molecule has 1 fully saturated rings. The van der Waals surface area contributed by atoms with Gasteiger partial charge in [0.25, 0.3) is 0 Å². The summed E-state index contributed by atoms with van der Waals surface area (Å²) in [5.41, 5.74) is 0. The number of halogens is 1. The highest BCUT2D eigenvalue weighted by atomic mass is 35.5. The van der Waals surface area contributed by atoms with Crippen LogP contribution in [0.3, 0.4) is 0 Å². The lowest BCUT2D eigenvalue weighted by Crippen LogP contribution is -2.35. The molecule has 0 radical (unpaired) electrons. The van der Waals surface area contributed by atoms with E-state index in [2.05, 4.69) is 32.4 Å². The lowest BCUT2D eigenvalue weighted by Gasteiger charge is -2.32. The number of anilines is 2. The molecular formula is C16H20ClN5OS. The number of nitrogens with one attached hydrogen (secondary N) is 2. The summed E-state index contributed by atoms with van der Waals surface area (Å²) in [5, 5.41) is 6.85. The van der Waals surface area contributed by atoms with Gasteiger partial charge in [0, 0.05) is 19.2 Å². The van der Waals surface area contributed by atoms with Crippen LogP contribution < -0.4 is 15.5 Å². The molecule has 0 amide bonds. The molecule has 1 aliphatic heterocycles. The van der Waals surface area contributed by atoms with E-state index in [4.69, 9.17) is 28.2 Å². The van der Waals surface area contributed by atoms with Crippen molar-refractivity contribution in [2.75, 3.05) is 23.3 Å². The van der Waals surface area contributed by atoms with E-state index in [1.165, 1.54) is 6.42 Å². The smallest absolute Gasteiger partial charge is 0.232 e. The van der Waals surface area contributed by atoms with Crippen LogP contribution in [0.4, 0.5) is 11.8 Å². The monoisotopic (exact) mass is 365 g/mol. The molecule has 0 bridgehead atoms. The largest absolute Gasteiger partial charge is 0.467 e. The number of hydrogen-bond donors (Lipinski definition) is 2. The second-order valence-electron chi connectivity index (χ2n) is 5.95. The Labute approximate surface area is 151 Å². The number of thiocarbonyl (C=S) groups is 1. The predicted octanol–water partition coefficient (Wildman–Crippen LogP) is 3.45. The molecule has 3 heterocycles. The fraction of sp³-hybridized carbons (Fsp3) is 0.438. The second-order valence-corrected chi connectivity index (χ2v) is 6.75. The minimum absolute atomic E-state index is 0.396. The molecule has 1 aliphatic rings. The van der Waals surface area contributed by atoms with E-state index in [9.17, 15) is 0 Å². The Hall–Kier alpha value is -1.86. The summed E-state index contributed by atoms with van der Waals surface area (Å²) in [4.78, 5) is 11.0. The van der Waals surface area contributed by atoms with Crippen LogP contribution in [0.1, 0.15) is 25.5 Å². The summed E-state index contributed by atoms with van der Waals surface area (Å²) in [6, 6.07) is 5.50. The zero-order valence-corrected chi connectivity index (χ0v) is 15.0. The molecule has 0 spiro atoms. The van der Waals surface area contributed by atoms with Crippen molar-refractivity contribution in [2.45, 2.75) is 26.3 Å². The lowest BCUT2D eigenvalue weighted by molar-refractivity contribution is 0.444. The number of piperidine rings is 1. The molecule has 0 saturated carbocycles. The summed E-state index contributed by atoms with van der Waals surface area (Å²) < 4.78 is 5.25. The van der Waals surface area contributed by atoms with E-state index in [1.54, 1.807) is 12.3 Å². The average molecular weight is 366 g/mol. The van der Waals surface area contributed by atoms with Gasteiger partial charge in [0.05, 0.1) is 12.8 Å². The molecule has 3 rings (SSSR count). The van der Waals surface area contributed by atoms with Gasteiger partial charge in [0.1, 0.15) is 16.7 Å². The fourth-order valence-corrected chi connectivity index (χ4v) is 3.09. The average Bonchev–Trinajstić information content (AvgIpc) is 3.06. The van der Waals surface area contributed by atoms with Crippen LogP contribution in [0, 0.1) is 5.92 Å².